The van der Waals surface area contributed by atoms with Crippen molar-refractivity contribution in [3.63, 3.8) is 0 Å². The van der Waals surface area contributed by atoms with Crippen molar-refractivity contribution in [1.82, 2.24) is 4.31 Å². The molecule has 0 amide bonds. The van der Waals surface area contributed by atoms with E-state index in [0.717, 1.165) is 38.9 Å². The van der Waals surface area contributed by atoms with E-state index in [9.17, 15) is 8.42 Å². The molecule has 0 aromatic heterocycles. The lowest BCUT2D eigenvalue weighted by Gasteiger charge is -2.25. The number of hydrogen-bond donors (Lipinski definition) is 0. The Kier molecular flexibility index (Phi) is 7.75. The smallest absolute Gasteiger partial charge is 0.207 e. The first-order valence-corrected chi connectivity index (χ1v) is 13.5. The van der Waals surface area contributed by atoms with Crippen LogP contribution in [-0.4, -0.2) is 19.3 Å². The Morgan fingerprint density at radius 1 is 0.714 bits per heavy atom. The number of rotatable bonds is 8. The van der Waals surface area contributed by atoms with Crippen LogP contribution in [0.25, 0.3) is 11.1 Å². The summed E-state index contributed by atoms with van der Waals surface area (Å²) in [4.78, 5) is 0.398. The molecule has 0 aliphatic heterocycles. The molecular formula is C30H30ClNO2S. The molecule has 0 fully saturated rings. The van der Waals surface area contributed by atoms with Crippen molar-refractivity contribution in [2.45, 2.75) is 38.6 Å². The van der Waals surface area contributed by atoms with Gasteiger partial charge in [-0.1, -0.05) is 96.0 Å². The Morgan fingerprint density at radius 2 is 1.34 bits per heavy atom. The lowest BCUT2D eigenvalue weighted by molar-refractivity contribution is 0.409. The predicted octanol–water partition coefficient (Wildman–Crippen LogP) is 7.37. The lowest BCUT2D eigenvalue weighted by atomic mass is 10.0. The Hall–Kier alpha value is -2.92. The summed E-state index contributed by atoms with van der Waals surface area (Å²) >= 11 is 6.17. The largest absolute Gasteiger partial charge is 0.243 e. The Bertz CT molecular complexity index is 1390. The molecule has 0 N–H and O–H groups in total. The van der Waals surface area contributed by atoms with Gasteiger partial charge in [-0.25, -0.2) is 8.42 Å². The van der Waals surface area contributed by atoms with Crippen molar-refractivity contribution in [2.75, 3.05) is 6.54 Å². The quantitative estimate of drug-likeness (QED) is 0.252. The molecule has 180 valence electrons. The van der Waals surface area contributed by atoms with Crippen molar-refractivity contribution in [3.05, 3.63) is 124 Å². The maximum absolute atomic E-state index is 14.0. The number of aryl methyl sites for hydroxylation is 3. The van der Waals surface area contributed by atoms with Crippen LogP contribution in [0.15, 0.2) is 95.9 Å². The van der Waals surface area contributed by atoms with Crippen LogP contribution in [-0.2, 0) is 23.0 Å². The number of sulfonamides is 1. The van der Waals surface area contributed by atoms with Crippen LogP contribution in [0.5, 0.6) is 0 Å². The van der Waals surface area contributed by atoms with Gasteiger partial charge in [-0.2, -0.15) is 4.31 Å². The molecule has 0 saturated heterocycles. The zero-order valence-electron chi connectivity index (χ0n) is 20.3. The first-order valence-electron chi connectivity index (χ1n) is 11.7. The van der Waals surface area contributed by atoms with Crippen molar-refractivity contribution >= 4 is 21.6 Å². The van der Waals surface area contributed by atoms with Gasteiger partial charge in [0.05, 0.1) is 4.90 Å². The predicted molar refractivity (Wildman–Crippen MR) is 145 cm³/mol. The Morgan fingerprint density at radius 3 is 1.97 bits per heavy atom. The van der Waals surface area contributed by atoms with E-state index in [1.54, 1.807) is 4.31 Å². The molecule has 0 radical (unpaired) electrons. The topological polar surface area (TPSA) is 37.4 Å². The highest BCUT2D eigenvalue weighted by atomic mass is 35.5. The number of hydrogen-bond acceptors (Lipinski definition) is 2. The second-order valence-electron chi connectivity index (χ2n) is 9.01. The van der Waals surface area contributed by atoms with Crippen molar-refractivity contribution in [1.29, 1.82) is 0 Å². The van der Waals surface area contributed by atoms with Crippen molar-refractivity contribution in [3.8, 4) is 11.1 Å². The van der Waals surface area contributed by atoms with Gasteiger partial charge >= 0.3 is 0 Å². The van der Waals surface area contributed by atoms with E-state index in [4.69, 9.17) is 11.6 Å². The van der Waals surface area contributed by atoms with Gasteiger partial charge in [-0.15, -0.1) is 0 Å². The van der Waals surface area contributed by atoms with Gasteiger partial charge in [0, 0.05) is 18.1 Å². The van der Waals surface area contributed by atoms with E-state index in [2.05, 4.69) is 24.3 Å². The number of benzene rings is 4. The van der Waals surface area contributed by atoms with Gasteiger partial charge in [0.2, 0.25) is 10.0 Å². The van der Waals surface area contributed by atoms with E-state index < -0.39 is 10.0 Å². The molecule has 3 nitrogen and oxygen atoms in total. The zero-order chi connectivity index (χ0) is 25.0. The molecule has 5 heteroatoms. The third kappa shape index (κ3) is 6.02. The van der Waals surface area contributed by atoms with Crippen LogP contribution in [0.4, 0.5) is 0 Å². The van der Waals surface area contributed by atoms with Crippen LogP contribution >= 0.6 is 11.6 Å². The minimum absolute atomic E-state index is 0.296. The van der Waals surface area contributed by atoms with Crippen molar-refractivity contribution in [2.24, 2.45) is 0 Å². The Labute approximate surface area is 214 Å². The second kappa shape index (κ2) is 10.8. The molecule has 0 saturated carbocycles. The zero-order valence-corrected chi connectivity index (χ0v) is 21.9. The first-order chi connectivity index (χ1) is 16.7. The van der Waals surface area contributed by atoms with Crippen LogP contribution in [0.2, 0.25) is 5.02 Å². The summed E-state index contributed by atoms with van der Waals surface area (Å²) in [7, 11) is -3.72. The summed E-state index contributed by atoms with van der Waals surface area (Å²) in [6, 6.07) is 29.8. The van der Waals surface area contributed by atoms with Crippen LogP contribution < -0.4 is 0 Å². The maximum atomic E-state index is 14.0. The molecule has 4 aromatic rings. The molecule has 0 bridgehead atoms. The Balaban J connectivity index is 1.66. The summed E-state index contributed by atoms with van der Waals surface area (Å²) in [5.74, 6) is 0. The molecule has 4 rings (SSSR count). The van der Waals surface area contributed by atoms with E-state index in [1.807, 2.05) is 87.5 Å². The summed E-state index contributed by atoms with van der Waals surface area (Å²) in [6.45, 7) is 6.38. The van der Waals surface area contributed by atoms with Gasteiger partial charge in [0.25, 0.3) is 0 Å². The van der Waals surface area contributed by atoms with E-state index in [1.165, 1.54) is 0 Å². The summed E-state index contributed by atoms with van der Waals surface area (Å²) in [5, 5.41) is 0.652. The molecule has 0 spiro atoms. The number of halogens is 1. The summed E-state index contributed by atoms with van der Waals surface area (Å²) in [5.41, 5.74) is 6.80. The fourth-order valence-electron chi connectivity index (χ4n) is 4.57. The number of nitrogens with zero attached hydrogens (tertiary/aromatic N) is 1. The average Bonchev–Trinajstić information content (AvgIpc) is 2.82. The first kappa shape index (κ1) is 25.2. The normalized spacial score (nSPS) is 11.7. The molecule has 0 unspecified atom stereocenters. The van der Waals surface area contributed by atoms with Gasteiger partial charge < -0.3 is 0 Å². The molecule has 0 aliphatic carbocycles. The molecular weight excluding hydrogens is 474 g/mol. The monoisotopic (exact) mass is 503 g/mol. The van der Waals surface area contributed by atoms with Gasteiger partial charge in [-0.05, 0) is 72.7 Å². The summed E-state index contributed by atoms with van der Waals surface area (Å²) < 4.78 is 29.5. The van der Waals surface area contributed by atoms with Crippen molar-refractivity contribution < 1.29 is 8.42 Å². The van der Waals surface area contributed by atoms with E-state index >= 15 is 0 Å². The maximum Gasteiger partial charge on any atom is 0.243 e. The van der Waals surface area contributed by atoms with Gasteiger partial charge in [0.1, 0.15) is 0 Å². The van der Waals surface area contributed by atoms with E-state index in [-0.39, 0.29) is 0 Å². The lowest BCUT2D eigenvalue weighted by Crippen LogP contribution is -2.33. The average molecular weight is 504 g/mol. The minimum Gasteiger partial charge on any atom is -0.207 e. The third-order valence-corrected chi connectivity index (χ3v) is 8.55. The summed E-state index contributed by atoms with van der Waals surface area (Å²) in [6.07, 6.45) is 0.575. The highest BCUT2D eigenvalue weighted by Crippen LogP contribution is 2.28. The van der Waals surface area contributed by atoms with Crippen LogP contribution in [0.1, 0.15) is 27.8 Å². The molecule has 4 aromatic carbocycles. The molecule has 35 heavy (non-hydrogen) atoms. The highest BCUT2D eigenvalue weighted by Gasteiger charge is 2.28. The van der Waals surface area contributed by atoms with Gasteiger partial charge in [-0.3, -0.25) is 0 Å². The van der Waals surface area contributed by atoms with Crippen LogP contribution in [0.3, 0.4) is 0 Å². The minimum atomic E-state index is -3.72. The highest BCUT2D eigenvalue weighted by molar-refractivity contribution is 7.89. The second-order valence-corrected chi connectivity index (χ2v) is 11.3. The van der Waals surface area contributed by atoms with Gasteiger partial charge in [0.15, 0.2) is 0 Å². The molecule has 0 heterocycles. The van der Waals surface area contributed by atoms with E-state index in [0.29, 0.717) is 29.4 Å². The molecule has 0 aliphatic rings. The fraction of sp³-hybridized carbons (Fsp3) is 0.200. The van der Waals surface area contributed by atoms with Crippen LogP contribution in [0, 0.1) is 20.8 Å². The molecule has 0 atom stereocenters. The SMILES string of the molecule is Cc1cc(C)c(S(=O)(=O)N(CCc2cccc(Cl)c2)Cc2ccc(-c3ccccc3)cc2)c(C)c1. The standard InChI is InChI=1S/C30H30ClNO2S/c1-22-18-23(2)30(24(3)19-22)35(33,34)32(17-16-25-8-7-11-29(31)20-25)21-26-12-14-28(15-13-26)27-9-5-4-6-10-27/h4-15,18-20H,16-17,21H2,1-3H3. The third-order valence-electron chi connectivity index (χ3n) is 6.16. The fourth-order valence-corrected chi connectivity index (χ4v) is 6.62.